The van der Waals surface area contributed by atoms with Gasteiger partial charge in [0, 0.05) is 51.0 Å². The zero-order valence-electron chi connectivity index (χ0n) is 15.3. The summed E-state index contributed by atoms with van der Waals surface area (Å²) in [6.07, 6.45) is 2.27. The highest BCUT2D eigenvalue weighted by Gasteiger charge is 2.31. The first kappa shape index (κ1) is 17.9. The van der Waals surface area contributed by atoms with E-state index in [4.69, 9.17) is 14.2 Å². The summed E-state index contributed by atoms with van der Waals surface area (Å²) in [7, 11) is 0. The number of ether oxygens (including phenoxy) is 3. The maximum absolute atomic E-state index is 12.6. The molecule has 1 aromatic rings. The molecule has 1 unspecified atom stereocenters. The summed E-state index contributed by atoms with van der Waals surface area (Å²) >= 11 is 0. The molecule has 3 amide bonds. The normalized spacial score (nSPS) is 22.3. The van der Waals surface area contributed by atoms with Crippen LogP contribution in [0.4, 0.5) is 10.5 Å². The fourth-order valence-electron chi connectivity index (χ4n) is 3.55. The number of hydrogen-bond acceptors (Lipinski definition) is 5. The smallest absolute Gasteiger partial charge is 0.321 e. The lowest BCUT2D eigenvalue weighted by atomic mass is 10.2. The molecule has 27 heavy (non-hydrogen) atoms. The Labute approximate surface area is 158 Å². The van der Waals surface area contributed by atoms with Crippen LogP contribution in [0.5, 0.6) is 11.5 Å². The van der Waals surface area contributed by atoms with Crippen molar-refractivity contribution >= 4 is 17.6 Å². The van der Waals surface area contributed by atoms with Gasteiger partial charge in [0.2, 0.25) is 0 Å². The molecule has 3 heterocycles. The van der Waals surface area contributed by atoms with E-state index in [0.29, 0.717) is 63.2 Å². The standard InChI is InChI=1S/C19H25N3O5/c23-18(16-3-1-10-26-16)21-6-8-22(9-7-21)19(24)20-14-4-5-15-17(13-14)27-12-2-11-25-15/h4-5,13,16H,1-3,6-12H2,(H,20,24). The quantitative estimate of drug-likeness (QED) is 0.851. The molecule has 1 aromatic carbocycles. The molecule has 2 saturated heterocycles. The highest BCUT2D eigenvalue weighted by Crippen LogP contribution is 2.32. The van der Waals surface area contributed by atoms with Crippen molar-refractivity contribution in [2.24, 2.45) is 0 Å². The van der Waals surface area contributed by atoms with Gasteiger partial charge in [0.15, 0.2) is 11.5 Å². The van der Waals surface area contributed by atoms with Gasteiger partial charge in [-0.25, -0.2) is 4.79 Å². The second-order valence-electron chi connectivity index (χ2n) is 6.96. The molecule has 0 spiro atoms. The number of carbonyl (C=O) groups is 2. The van der Waals surface area contributed by atoms with Crippen molar-refractivity contribution in [3.05, 3.63) is 18.2 Å². The van der Waals surface area contributed by atoms with E-state index in [0.717, 1.165) is 19.3 Å². The van der Waals surface area contributed by atoms with Gasteiger partial charge in [-0.3, -0.25) is 4.79 Å². The maximum atomic E-state index is 12.6. The minimum atomic E-state index is -0.299. The van der Waals surface area contributed by atoms with E-state index >= 15 is 0 Å². The Morgan fingerprint density at radius 2 is 1.67 bits per heavy atom. The number of amides is 3. The molecule has 0 saturated carbocycles. The zero-order valence-corrected chi connectivity index (χ0v) is 15.3. The highest BCUT2D eigenvalue weighted by molar-refractivity contribution is 5.90. The number of hydrogen-bond donors (Lipinski definition) is 1. The Bertz CT molecular complexity index is 697. The summed E-state index contributed by atoms with van der Waals surface area (Å²) in [6, 6.07) is 5.24. The number of carbonyl (C=O) groups excluding carboxylic acids is 2. The molecule has 0 bridgehead atoms. The minimum Gasteiger partial charge on any atom is -0.490 e. The van der Waals surface area contributed by atoms with Gasteiger partial charge in [0.05, 0.1) is 13.2 Å². The van der Waals surface area contributed by atoms with Crippen LogP contribution in [0.25, 0.3) is 0 Å². The summed E-state index contributed by atoms with van der Waals surface area (Å²) in [5.74, 6) is 1.40. The molecule has 3 aliphatic rings. The molecule has 8 nitrogen and oxygen atoms in total. The van der Waals surface area contributed by atoms with Gasteiger partial charge in [0.25, 0.3) is 5.91 Å². The monoisotopic (exact) mass is 375 g/mol. The van der Waals surface area contributed by atoms with E-state index in [1.54, 1.807) is 15.9 Å². The molecule has 0 aromatic heterocycles. The van der Waals surface area contributed by atoms with Crippen LogP contribution in [0.3, 0.4) is 0 Å². The number of rotatable bonds is 2. The van der Waals surface area contributed by atoms with Crippen molar-refractivity contribution in [3.63, 3.8) is 0 Å². The fourth-order valence-corrected chi connectivity index (χ4v) is 3.55. The van der Waals surface area contributed by atoms with Gasteiger partial charge < -0.3 is 29.3 Å². The molecule has 0 aliphatic carbocycles. The summed E-state index contributed by atoms with van der Waals surface area (Å²) < 4.78 is 16.7. The second kappa shape index (κ2) is 8.04. The maximum Gasteiger partial charge on any atom is 0.321 e. The Balaban J connectivity index is 1.30. The summed E-state index contributed by atoms with van der Waals surface area (Å²) in [4.78, 5) is 28.5. The van der Waals surface area contributed by atoms with Crippen LogP contribution in [-0.2, 0) is 9.53 Å². The number of fused-ring (bicyclic) bond motifs is 1. The Morgan fingerprint density at radius 3 is 2.41 bits per heavy atom. The van der Waals surface area contributed by atoms with Crippen LogP contribution in [0.1, 0.15) is 19.3 Å². The number of piperazine rings is 1. The van der Waals surface area contributed by atoms with Crippen LogP contribution in [-0.4, -0.2) is 73.8 Å². The summed E-state index contributed by atoms with van der Waals surface area (Å²) in [5, 5.41) is 2.90. The van der Waals surface area contributed by atoms with Gasteiger partial charge in [-0.15, -0.1) is 0 Å². The third kappa shape index (κ3) is 4.10. The predicted molar refractivity (Wildman–Crippen MR) is 98.2 cm³/mol. The van der Waals surface area contributed by atoms with Crippen LogP contribution >= 0.6 is 0 Å². The highest BCUT2D eigenvalue weighted by atomic mass is 16.5. The lowest BCUT2D eigenvalue weighted by Crippen LogP contribution is -2.53. The van der Waals surface area contributed by atoms with E-state index in [1.165, 1.54) is 0 Å². The molecular formula is C19H25N3O5. The van der Waals surface area contributed by atoms with Gasteiger partial charge in [0.1, 0.15) is 6.10 Å². The Hall–Kier alpha value is -2.48. The minimum absolute atomic E-state index is 0.0514. The van der Waals surface area contributed by atoms with E-state index < -0.39 is 0 Å². The average Bonchev–Trinajstić information content (AvgIpc) is 3.13. The van der Waals surface area contributed by atoms with Crippen LogP contribution in [0.15, 0.2) is 18.2 Å². The molecular weight excluding hydrogens is 350 g/mol. The van der Waals surface area contributed by atoms with Crippen molar-refractivity contribution in [2.45, 2.75) is 25.4 Å². The first-order chi connectivity index (χ1) is 13.2. The SMILES string of the molecule is O=C(Nc1ccc2c(c1)OCCCO2)N1CCN(C(=O)C2CCCO2)CC1. The molecule has 2 fully saturated rings. The molecule has 4 rings (SSSR count). The topological polar surface area (TPSA) is 80.3 Å². The number of nitrogens with zero attached hydrogens (tertiary/aromatic N) is 2. The third-order valence-electron chi connectivity index (χ3n) is 5.08. The van der Waals surface area contributed by atoms with Gasteiger partial charge in [-0.1, -0.05) is 0 Å². The average molecular weight is 375 g/mol. The number of benzene rings is 1. The van der Waals surface area contributed by atoms with E-state index in [9.17, 15) is 9.59 Å². The lowest BCUT2D eigenvalue weighted by molar-refractivity contribution is -0.142. The van der Waals surface area contributed by atoms with E-state index in [2.05, 4.69) is 5.32 Å². The predicted octanol–water partition coefficient (Wildman–Crippen LogP) is 1.70. The largest absolute Gasteiger partial charge is 0.490 e. The molecule has 3 aliphatic heterocycles. The van der Waals surface area contributed by atoms with Crippen molar-refractivity contribution in [1.82, 2.24) is 9.80 Å². The van der Waals surface area contributed by atoms with Gasteiger partial charge in [-0.2, -0.15) is 0 Å². The van der Waals surface area contributed by atoms with Gasteiger partial charge >= 0.3 is 6.03 Å². The Kier molecular flexibility index (Phi) is 5.33. The molecule has 0 radical (unpaired) electrons. The van der Waals surface area contributed by atoms with Crippen LogP contribution < -0.4 is 14.8 Å². The number of urea groups is 1. The number of anilines is 1. The van der Waals surface area contributed by atoms with Crippen molar-refractivity contribution < 1.29 is 23.8 Å². The first-order valence-electron chi connectivity index (χ1n) is 9.57. The molecule has 1 N–H and O–H groups in total. The number of nitrogens with one attached hydrogen (secondary N) is 1. The zero-order chi connectivity index (χ0) is 18.6. The van der Waals surface area contributed by atoms with Crippen molar-refractivity contribution in [3.8, 4) is 11.5 Å². The molecule has 146 valence electrons. The first-order valence-corrected chi connectivity index (χ1v) is 9.57. The van der Waals surface area contributed by atoms with Crippen molar-refractivity contribution in [2.75, 3.05) is 51.3 Å². The van der Waals surface area contributed by atoms with Crippen LogP contribution in [0.2, 0.25) is 0 Å². The van der Waals surface area contributed by atoms with Crippen LogP contribution in [0, 0.1) is 0 Å². The molecule has 8 heteroatoms. The third-order valence-corrected chi connectivity index (χ3v) is 5.08. The van der Waals surface area contributed by atoms with E-state index in [-0.39, 0.29) is 18.0 Å². The van der Waals surface area contributed by atoms with E-state index in [1.807, 2.05) is 12.1 Å². The second-order valence-corrected chi connectivity index (χ2v) is 6.96. The lowest BCUT2D eigenvalue weighted by Gasteiger charge is -2.35. The molecule has 1 atom stereocenters. The van der Waals surface area contributed by atoms with Gasteiger partial charge in [-0.05, 0) is 25.0 Å². The fraction of sp³-hybridized carbons (Fsp3) is 0.579. The Morgan fingerprint density at radius 1 is 0.926 bits per heavy atom. The van der Waals surface area contributed by atoms with Crippen molar-refractivity contribution in [1.29, 1.82) is 0 Å². The summed E-state index contributed by atoms with van der Waals surface area (Å²) in [5.41, 5.74) is 0.669. The summed E-state index contributed by atoms with van der Waals surface area (Å²) in [6.45, 7) is 3.98.